The van der Waals surface area contributed by atoms with Gasteiger partial charge in [-0.05, 0) is 60.4 Å². The molecule has 0 heterocycles. The Labute approximate surface area is 173 Å². The molecule has 2 heteroatoms. The van der Waals surface area contributed by atoms with Crippen LogP contribution in [0.4, 0.5) is 22.7 Å². The molecule has 2 N–H and O–H groups in total. The molecule has 0 bridgehead atoms. The molecule has 4 aromatic rings. The Balaban J connectivity index is 1.62. The normalized spacial score (nSPS) is 10.6. The Morgan fingerprint density at radius 2 is 0.793 bits per heavy atom. The zero-order valence-electron chi connectivity index (χ0n) is 16.9. The van der Waals surface area contributed by atoms with Gasteiger partial charge in [-0.25, -0.2) is 0 Å². The first-order chi connectivity index (χ1) is 14.2. The van der Waals surface area contributed by atoms with E-state index >= 15 is 0 Å². The fourth-order valence-electron chi connectivity index (χ4n) is 3.51. The molecule has 144 valence electrons. The van der Waals surface area contributed by atoms with Gasteiger partial charge >= 0.3 is 0 Å². The average Bonchev–Trinajstić information content (AvgIpc) is 2.74. The first-order valence-electron chi connectivity index (χ1n) is 10.0. The highest BCUT2D eigenvalue weighted by molar-refractivity contribution is 5.69. The molecule has 0 aromatic heterocycles. The average molecular weight is 379 g/mol. The van der Waals surface area contributed by atoms with Crippen LogP contribution in [-0.4, -0.2) is 0 Å². The Hall–Kier alpha value is -3.52. The van der Waals surface area contributed by atoms with Gasteiger partial charge in [0.2, 0.25) is 0 Å². The Kier molecular flexibility index (Phi) is 5.62. The highest BCUT2D eigenvalue weighted by Gasteiger charge is 2.09. The van der Waals surface area contributed by atoms with Crippen LogP contribution < -0.4 is 10.6 Å². The summed E-state index contributed by atoms with van der Waals surface area (Å²) < 4.78 is 0. The van der Waals surface area contributed by atoms with Crippen LogP contribution in [-0.2, 0) is 6.42 Å². The molecule has 29 heavy (non-hydrogen) atoms. The highest BCUT2D eigenvalue weighted by atomic mass is 14.9. The van der Waals surface area contributed by atoms with Crippen molar-refractivity contribution in [1.29, 1.82) is 0 Å². The molecule has 2 nitrogen and oxygen atoms in total. The predicted molar refractivity (Wildman–Crippen MR) is 125 cm³/mol. The molecular weight excluding hydrogens is 352 g/mol. The van der Waals surface area contributed by atoms with Gasteiger partial charge in [0.15, 0.2) is 0 Å². The first-order valence-corrected chi connectivity index (χ1v) is 10.0. The zero-order chi connectivity index (χ0) is 20.1. The second-order valence-electron chi connectivity index (χ2n) is 7.37. The maximum atomic E-state index is 3.62. The largest absolute Gasteiger partial charge is 0.355 e. The van der Waals surface area contributed by atoms with Crippen molar-refractivity contribution in [3.63, 3.8) is 0 Å². The van der Waals surface area contributed by atoms with Crippen LogP contribution in [0.3, 0.4) is 0 Å². The van der Waals surface area contributed by atoms with Crippen molar-refractivity contribution < 1.29 is 0 Å². The predicted octanol–water partition coefficient (Wildman–Crippen LogP) is 7.38. The molecule has 0 amide bonds. The summed E-state index contributed by atoms with van der Waals surface area (Å²) in [6.45, 7) is 4.26. The van der Waals surface area contributed by atoms with Crippen LogP contribution in [0.25, 0.3) is 0 Å². The fraction of sp³-hybridized carbons (Fsp3) is 0.111. The van der Waals surface area contributed by atoms with Gasteiger partial charge in [-0.3, -0.25) is 0 Å². The van der Waals surface area contributed by atoms with E-state index in [9.17, 15) is 0 Å². The van der Waals surface area contributed by atoms with E-state index in [0.717, 1.165) is 29.2 Å². The third-order valence-corrected chi connectivity index (χ3v) is 5.24. The summed E-state index contributed by atoms with van der Waals surface area (Å²) >= 11 is 0. The number of aryl methyl sites for hydroxylation is 2. The minimum atomic E-state index is 0.851. The van der Waals surface area contributed by atoms with E-state index < -0.39 is 0 Å². The lowest BCUT2D eigenvalue weighted by Gasteiger charge is -2.17. The molecule has 0 saturated heterocycles. The van der Waals surface area contributed by atoms with Crippen LogP contribution >= 0.6 is 0 Å². The summed E-state index contributed by atoms with van der Waals surface area (Å²) in [5.74, 6) is 0. The van der Waals surface area contributed by atoms with Gasteiger partial charge in [-0.1, -0.05) is 72.8 Å². The maximum Gasteiger partial charge on any atom is 0.0420 e. The topological polar surface area (TPSA) is 24.1 Å². The zero-order valence-corrected chi connectivity index (χ0v) is 16.9. The van der Waals surface area contributed by atoms with Crippen LogP contribution in [0.5, 0.6) is 0 Å². The van der Waals surface area contributed by atoms with Crippen molar-refractivity contribution in [2.75, 3.05) is 10.6 Å². The first kappa shape index (κ1) is 18.8. The molecule has 0 aliphatic carbocycles. The number of rotatable bonds is 6. The maximum absolute atomic E-state index is 3.62. The van der Waals surface area contributed by atoms with E-state index in [1.165, 1.54) is 22.3 Å². The van der Waals surface area contributed by atoms with Crippen molar-refractivity contribution in [1.82, 2.24) is 0 Å². The van der Waals surface area contributed by atoms with E-state index in [1.54, 1.807) is 0 Å². The standard InChI is InChI=1S/C27H26N2/c1-20-11-3-7-15-24(20)28-26-17-9-5-13-22(26)19-23-14-6-10-18-27(23)29-25-16-8-4-12-21(25)2/h3-18,28-29H,19H2,1-2H3. The molecule has 0 radical (unpaired) electrons. The van der Waals surface area contributed by atoms with E-state index in [0.29, 0.717) is 0 Å². The van der Waals surface area contributed by atoms with Crippen LogP contribution in [0, 0.1) is 13.8 Å². The molecule has 4 rings (SSSR count). The fourth-order valence-corrected chi connectivity index (χ4v) is 3.51. The summed E-state index contributed by atoms with van der Waals surface area (Å²) in [4.78, 5) is 0. The van der Waals surface area contributed by atoms with Crippen molar-refractivity contribution in [2.24, 2.45) is 0 Å². The highest BCUT2D eigenvalue weighted by Crippen LogP contribution is 2.29. The Morgan fingerprint density at radius 1 is 0.448 bits per heavy atom. The second kappa shape index (κ2) is 8.66. The molecule has 0 fully saturated rings. The molecule has 0 atom stereocenters. The SMILES string of the molecule is Cc1ccccc1Nc1ccccc1Cc1ccccc1Nc1ccccc1C. The third-order valence-electron chi connectivity index (χ3n) is 5.24. The smallest absolute Gasteiger partial charge is 0.0420 e. The van der Waals surface area contributed by atoms with Crippen LogP contribution in [0.15, 0.2) is 97.1 Å². The van der Waals surface area contributed by atoms with Gasteiger partial charge in [-0.2, -0.15) is 0 Å². The lowest BCUT2D eigenvalue weighted by molar-refractivity contribution is 1.19. The minimum Gasteiger partial charge on any atom is -0.355 e. The molecule has 4 aromatic carbocycles. The van der Waals surface area contributed by atoms with Crippen LogP contribution in [0.1, 0.15) is 22.3 Å². The third kappa shape index (κ3) is 4.49. The van der Waals surface area contributed by atoms with Crippen molar-refractivity contribution in [2.45, 2.75) is 20.3 Å². The van der Waals surface area contributed by atoms with E-state index in [4.69, 9.17) is 0 Å². The van der Waals surface area contributed by atoms with E-state index in [1.807, 2.05) is 0 Å². The van der Waals surface area contributed by atoms with E-state index in [2.05, 4.69) is 122 Å². The van der Waals surface area contributed by atoms with Gasteiger partial charge in [0.1, 0.15) is 0 Å². The second-order valence-corrected chi connectivity index (χ2v) is 7.37. The van der Waals surface area contributed by atoms with Gasteiger partial charge in [-0.15, -0.1) is 0 Å². The Morgan fingerprint density at radius 3 is 1.21 bits per heavy atom. The summed E-state index contributed by atoms with van der Waals surface area (Å²) in [6.07, 6.45) is 0.851. The van der Waals surface area contributed by atoms with Gasteiger partial charge in [0.25, 0.3) is 0 Å². The number of anilines is 4. The van der Waals surface area contributed by atoms with Crippen molar-refractivity contribution in [3.8, 4) is 0 Å². The summed E-state index contributed by atoms with van der Waals surface area (Å²) in [5.41, 5.74) is 9.61. The molecule has 0 spiro atoms. The molecular formula is C27H26N2. The lowest BCUT2D eigenvalue weighted by atomic mass is 10.0. The number of hydrogen-bond acceptors (Lipinski definition) is 2. The molecule has 0 saturated carbocycles. The molecule has 0 unspecified atom stereocenters. The lowest BCUT2D eigenvalue weighted by Crippen LogP contribution is -2.01. The summed E-state index contributed by atoms with van der Waals surface area (Å²) in [6, 6.07) is 33.9. The van der Waals surface area contributed by atoms with Gasteiger partial charge in [0, 0.05) is 29.2 Å². The Bertz CT molecular complexity index is 1030. The van der Waals surface area contributed by atoms with E-state index in [-0.39, 0.29) is 0 Å². The number of para-hydroxylation sites is 4. The van der Waals surface area contributed by atoms with Crippen molar-refractivity contribution >= 4 is 22.7 Å². The minimum absolute atomic E-state index is 0.851. The number of benzene rings is 4. The number of hydrogen-bond donors (Lipinski definition) is 2. The summed E-state index contributed by atoms with van der Waals surface area (Å²) in [5, 5.41) is 7.24. The molecule has 0 aliphatic heterocycles. The molecule has 0 aliphatic rings. The van der Waals surface area contributed by atoms with Gasteiger partial charge in [0.05, 0.1) is 0 Å². The monoisotopic (exact) mass is 378 g/mol. The quantitative estimate of drug-likeness (QED) is 0.366. The van der Waals surface area contributed by atoms with Gasteiger partial charge < -0.3 is 10.6 Å². The van der Waals surface area contributed by atoms with Crippen molar-refractivity contribution in [3.05, 3.63) is 119 Å². The summed E-state index contributed by atoms with van der Waals surface area (Å²) in [7, 11) is 0. The number of nitrogens with one attached hydrogen (secondary N) is 2. The van der Waals surface area contributed by atoms with Crippen LogP contribution in [0.2, 0.25) is 0 Å².